The second kappa shape index (κ2) is 6.87. The van der Waals surface area contributed by atoms with Gasteiger partial charge in [-0.2, -0.15) is 5.26 Å². The molecule has 21 heavy (non-hydrogen) atoms. The molecule has 0 aliphatic rings. The number of ether oxygens (including phenoxy) is 1. The number of aromatic nitrogens is 1. The lowest BCUT2D eigenvalue weighted by atomic mass is 10.1. The van der Waals surface area contributed by atoms with Crippen molar-refractivity contribution in [1.82, 2.24) is 4.57 Å². The van der Waals surface area contributed by atoms with E-state index in [9.17, 15) is 4.79 Å². The molecular weight excluding hydrogens is 264 g/mol. The molecule has 0 atom stereocenters. The third kappa shape index (κ3) is 3.39. The van der Waals surface area contributed by atoms with Crippen LogP contribution < -0.4 is 5.56 Å². The largest absolute Gasteiger partial charge is 0.383 e. The summed E-state index contributed by atoms with van der Waals surface area (Å²) < 4.78 is 6.77. The minimum atomic E-state index is -0.119. The van der Waals surface area contributed by atoms with Gasteiger partial charge in [-0.15, -0.1) is 0 Å². The first-order valence-corrected chi connectivity index (χ1v) is 6.83. The smallest absolute Gasteiger partial charge is 0.255 e. The fourth-order valence-electron chi connectivity index (χ4n) is 2.22. The highest BCUT2D eigenvalue weighted by atomic mass is 16.5. The van der Waals surface area contributed by atoms with Crippen LogP contribution in [0.4, 0.5) is 0 Å². The Morgan fingerprint density at radius 2 is 1.90 bits per heavy atom. The summed E-state index contributed by atoms with van der Waals surface area (Å²) in [5.41, 5.74) is 3.40. The summed E-state index contributed by atoms with van der Waals surface area (Å²) in [6, 6.07) is 13.7. The lowest BCUT2D eigenvalue weighted by Crippen LogP contribution is -2.26. The molecule has 0 radical (unpaired) electrons. The highest BCUT2D eigenvalue weighted by Crippen LogP contribution is 2.19. The standard InChI is InChI=1S/C17H18N2O2/c1-13-3-5-14(6-4-13)16-8-7-15(9-10-18)17(20)19(16)11-12-21-2/h3-8H,9,11-12H2,1-2H3. The van der Waals surface area contributed by atoms with Crippen molar-refractivity contribution in [2.75, 3.05) is 13.7 Å². The molecule has 1 aromatic carbocycles. The lowest BCUT2D eigenvalue weighted by Gasteiger charge is -2.14. The molecule has 2 aromatic rings. The molecule has 108 valence electrons. The molecule has 0 bridgehead atoms. The van der Waals surface area contributed by atoms with E-state index in [4.69, 9.17) is 10.00 Å². The van der Waals surface area contributed by atoms with Crippen molar-refractivity contribution in [3.63, 3.8) is 0 Å². The summed E-state index contributed by atoms with van der Waals surface area (Å²) in [5, 5.41) is 8.81. The Bertz CT molecular complexity index is 709. The van der Waals surface area contributed by atoms with Gasteiger partial charge in [0.25, 0.3) is 5.56 Å². The van der Waals surface area contributed by atoms with Gasteiger partial charge in [-0.05, 0) is 18.6 Å². The maximum atomic E-state index is 12.5. The molecular formula is C17H18N2O2. The van der Waals surface area contributed by atoms with Gasteiger partial charge in [-0.3, -0.25) is 4.79 Å². The quantitative estimate of drug-likeness (QED) is 0.846. The maximum Gasteiger partial charge on any atom is 0.255 e. The summed E-state index contributed by atoms with van der Waals surface area (Å²) in [4.78, 5) is 12.5. The van der Waals surface area contributed by atoms with Gasteiger partial charge < -0.3 is 9.30 Å². The van der Waals surface area contributed by atoms with E-state index in [1.807, 2.05) is 43.3 Å². The first kappa shape index (κ1) is 15.0. The van der Waals surface area contributed by atoms with Gasteiger partial charge in [0.2, 0.25) is 0 Å². The fourth-order valence-corrected chi connectivity index (χ4v) is 2.22. The molecule has 4 heteroatoms. The van der Waals surface area contributed by atoms with Crippen LogP contribution in [0.15, 0.2) is 41.2 Å². The number of pyridine rings is 1. The normalized spacial score (nSPS) is 10.3. The Labute approximate surface area is 124 Å². The second-order valence-corrected chi connectivity index (χ2v) is 4.89. The lowest BCUT2D eigenvalue weighted by molar-refractivity contribution is 0.186. The van der Waals surface area contributed by atoms with Crippen LogP contribution in [0.5, 0.6) is 0 Å². The number of nitriles is 1. The number of benzene rings is 1. The zero-order valence-electron chi connectivity index (χ0n) is 12.3. The predicted molar refractivity (Wildman–Crippen MR) is 82.1 cm³/mol. The Hall–Kier alpha value is -2.38. The first-order chi connectivity index (χ1) is 10.2. The summed E-state index contributed by atoms with van der Waals surface area (Å²) in [5.74, 6) is 0. The molecule has 0 spiro atoms. The molecule has 1 heterocycles. The number of aryl methyl sites for hydroxylation is 1. The molecule has 0 amide bonds. The number of hydrogen-bond acceptors (Lipinski definition) is 3. The third-order valence-electron chi connectivity index (χ3n) is 3.39. The van der Waals surface area contributed by atoms with Crippen LogP contribution >= 0.6 is 0 Å². The van der Waals surface area contributed by atoms with Crippen LogP contribution in [0.25, 0.3) is 11.3 Å². The zero-order chi connectivity index (χ0) is 15.2. The van der Waals surface area contributed by atoms with Crippen LogP contribution in [-0.2, 0) is 17.7 Å². The van der Waals surface area contributed by atoms with Crippen molar-refractivity contribution in [3.05, 3.63) is 57.9 Å². The van der Waals surface area contributed by atoms with Crippen molar-refractivity contribution >= 4 is 0 Å². The van der Waals surface area contributed by atoms with E-state index in [1.165, 1.54) is 5.56 Å². The first-order valence-electron chi connectivity index (χ1n) is 6.83. The molecule has 2 rings (SSSR count). The molecule has 4 nitrogen and oxygen atoms in total. The molecule has 0 fully saturated rings. The van der Waals surface area contributed by atoms with E-state index in [1.54, 1.807) is 17.7 Å². The van der Waals surface area contributed by atoms with Crippen molar-refractivity contribution < 1.29 is 4.74 Å². The topological polar surface area (TPSA) is 55.0 Å². The molecule has 0 N–H and O–H groups in total. The Kier molecular flexibility index (Phi) is 4.91. The fraction of sp³-hybridized carbons (Fsp3) is 0.294. The summed E-state index contributed by atoms with van der Waals surface area (Å²) in [6.45, 7) is 2.95. The average Bonchev–Trinajstić information content (AvgIpc) is 2.49. The Morgan fingerprint density at radius 1 is 1.19 bits per heavy atom. The molecule has 0 aliphatic carbocycles. The monoisotopic (exact) mass is 282 g/mol. The number of methoxy groups -OCH3 is 1. The van der Waals surface area contributed by atoms with Gasteiger partial charge in [-0.25, -0.2) is 0 Å². The van der Waals surface area contributed by atoms with E-state index < -0.39 is 0 Å². The van der Waals surface area contributed by atoms with Gasteiger partial charge in [-0.1, -0.05) is 35.9 Å². The zero-order valence-corrected chi connectivity index (χ0v) is 12.3. The molecule has 0 saturated heterocycles. The van der Waals surface area contributed by atoms with E-state index in [0.29, 0.717) is 18.7 Å². The molecule has 1 aromatic heterocycles. The van der Waals surface area contributed by atoms with Crippen molar-refractivity contribution in [2.45, 2.75) is 19.9 Å². The second-order valence-electron chi connectivity index (χ2n) is 4.89. The van der Waals surface area contributed by atoms with Gasteiger partial charge >= 0.3 is 0 Å². The van der Waals surface area contributed by atoms with E-state index in [0.717, 1.165) is 11.3 Å². The summed E-state index contributed by atoms with van der Waals surface area (Å²) in [7, 11) is 1.61. The average molecular weight is 282 g/mol. The van der Waals surface area contributed by atoms with Crippen molar-refractivity contribution in [2.24, 2.45) is 0 Å². The van der Waals surface area contributed by atoms with Crippen molar-refractivity contribution in [3.8, 4) is 17.3 Å². The van der Waals surface area contributed by atoms with Crippen molar-refractivity contribution in [1.29, 1.82) is 5.26 Å². The highest BCUT2D eigenvalue weighted by molar-refractivity contribution is 5.60. The van der Waals surface area contributed by atoms with Gasteiger partial charge in [0.1, 0.15) is 0 Å². The SMILES string of the molecule is COCCn1c(-c2ccc(C)cc2)ccc(CC#N)c1=O. The van der Waals surface area contributed by atoms with E-state index in [2.05, 4.69) is 0 Å². The van der Waals surface area contributed by atoms with E-state index >= 15 is 0 Å². The highest BCUT2D eigenvalue weighted by Gasteiger charge is 2.10. The van der Waals surface area contributed by atoms with Gasteiger partial charge in [0.15, 0.2) is 0 Å². The Balaban J connectivity index is 2.54. The van der Waals surface area contributed by atoms with Crippen LogP contribution in [0, 0.1) is 18.3 Å². The van der Waals surface area contributed by atoms with Gasteiger partial charge in [0.05, 0.1) is 24.8 Å². The number of nitrogens with zero attached hydrogens (tertiary/aromatic N) is 2. The van der Waals surface area contributed by atoms with Crippen LogP contribution in [0.1, 0.15) is 11.1 Å². The van der Waals surface area contributed by atoms with Crippen LogP contribution in [-0.4, -0.2) is 18.3 Å². The summed E-state index contributed by atoms with van der Waals surface area (Å²) >= 11 is 0. The van der Waals surface area contributed by atoms with Gasteiger partial charge in [0, 0.05) is 19.2 Å². The molecule has 0 saturated carbocycles. The predicted octanol–water partition coefficient (Wildman–Crippen LogP) is 2.54. The van der Waals surface area contributed by atoms with Crippen LogP contribution in [0.2, 0.25) is 0 Å². The number of hydrogen-bond donors (Lipinski definition) is 0. The maximum absolute atomic E-state index is 12.5. The minimum absolute atomic E-state index is 0.119. The van der Waals surface area contributed by atoms with E-state index in [-0.39, 0.29) is 12.0 Å². The third-order valence-corrected chi connectivity index (χ3v) is 3.39. The number of rotatable bonds is 5. The Morgan fingerprint density at radius 3 is 2.52 bits per heavy atom. The minimum Gasteiger partial charge on any atom is -0.383 e. The molecule has 0 aliphatic heterocycles. The van der Waals surface area contributed by atoms with Crippen LogP contribution in [0.3, 0.4) is 0 Å². The summed E-state index contributed by atoms with van der Waals surface area (Å²) in [6.07, 6.45) is 0.125. The molecule has 0 unspecified atom stereocenters.